The molecule has 0 saturated carbocycles. The van der Waals surface area contributed by atoms with Crippen LogP contribution in [0.4, 0.5) is 0 Å². The molecular formula is C40H39N3O2. The number of carbonyl (C=O) groups is 1. The molecule has 5 nitrogen and oxygen atoms in total. The summed E-state index contributed by atoms with van der Waals surface area (Å²) in [4.78, 5) is 23.5. The lowest BCUT2D eigenvalue weighted by molar-refractivity contribution is -0.134. The molecule has 5 heteroatoms. The minimum Gasteiger partial charge on any atom is -0.467 e. The molecule has 6 rings (SSSR count). The maximum atomic E-state index is 14.1. The van der Waals surface area contributed by atoms with Gasteiger partial charge in [0.2, 0.25) is 5.91 Å². The second kappa shape index (κ2) is 13.3. The molecule has 0 spiro atoms. The maximum absolute atomic E-state index is 14.1. The molecule has 0 saturated heterocycles. The number of aromatic nitrogens is 1. The Kier molecular flexibility index (Phi) is 8.90. The van der Waals surface area contributed by atoms with Crippen molar-refractivity contribution in [2.24, 2.45) is 0 Å². The van der Waals surface area contributed by atoms with Gasteiger partial charge >= 0.3 is 0 Å². The fourth-order valence-corrected chi connectivity index (χ4v) is 6.10. The van der Waals surface area contributed by atoms with Crippen molar-refractivity contribution in [3.8, 4) is 11.3 Å². The van der Waals surface area contributed by atoms with Gasteiger partial charge in [-0.1, -0.05) is 109 Å². The van der Waals surface area contributed by atoms with E-state index >= 15 is 0 Å². The van der Waals surface area contributed by atoms with Crippen LogP contribution in [0, 0.1) is 0 Å². The van der Waals surface area contributed by atoms with Gasteiger partial charge < -0.3 is 9.32 Å². The van der Waals surface area contributed by atoms with Gasteiger partial charge in [0.1, 0.15) is 11.3 Å². The van der Waals surface area contributed by atoms with Crippen LogP contribution in [0.1, 0.15) is 36.3 Å². The van der Waals surface area contributed by atoms with Crippen molar-refractivity contribution >= 4 is 16.8 Å². The zero-order chi connectivity index (χ0) is 31.2. The van der Waals surface area contributed by atoms with Crippen LogP contribution < -0.4 is 0 Å². The predicted molar refractivity (Wildman–Crippen MR) is 182 cm³/mol. The van der Waals surface area contributed by atoms with E-state index in [4.69, 9.17) is 9.40 Å². The molecule has 1 amide bonds. The minimum absolute atomic E-state index is 0.0416. The summed E-state index contributed by atoms with van der Waals surface area (Å²) < 4.78 is 6.44. The molecule has 0 bridgehead atoms. The van der Waals surface area contributed by atoms with E-state index in [-0.39, 0.29) is 18.5 Å². The van der Waals surface area contributed by atoms with Gasteiger partial charge in [0.05, 0.1) is 24.0 Å². The summed E-state index contributed by atoms with van der Waals surface area (Å²) in [5.41, 5.74) is 5.11. The molecule has 0 aliphatic rings. The Morgan fingerprint density at radius 3 is 2.04 bits per heavy atom. The van der Waals surface area contributed by atoms with E-state index in [2.05, 4.69) is 71.6 Å². The van der Waals surface area contributed by atoms with Crippen molar-refractivity contribution in [1.29, 1.82) is 0 Å². The van der Waals surface area contributed by atoms with Crippen LogP contribution in [0.25, 0.3) is 22.2 Å². The summed E-state index contributed by atoms with van der Waals surface area (Å²) in [6.45, 7) is 4.79. The quantitative estimate of drug-likeness (QED) is 0.152. The zero-order valence-electron chi connectivity index (χ0n) is 26.1. The number of carbonyl (C=O) groups excluding carboxylic acids is 1. The summed E-state index contributed by atoms with van der Waals surface area (Å²) in [6.07, 6.45) is 2.29. The van der Waals surface area contributed by atoms with Crippen LogP contribution in [0.3, 0.4) is 0 Å². The molecular weight excluding hydrogens is 554 g/mol. The largest absolute Gasteiger partial charge is 0.467 e. The first-order chi connectivity index (χ1) is 22.0. The normalized spacial score (nSPS) is 12.8. The van der Waals surface area contributed by atoms with Crippen LogP contribution in [0.2, 0.25) is 0 Å². The molecule has 4 aromatic carbocycles. The van der Waals surface area contributed by atoms with E-state index in [9.17, 15) is 4.79 Å². The van der Waals surface area contributed by atoms with Crippen molar-refractivity contribution in [1.82, 2.24) is 14.8 Å². The Hall–Kier alpha value is -5.00. The lowest BCUT2D eigenvalue weighted by atomic mass is 9.77. The van der Waals surface area contributed by atoms with E-state index in [1.165, 1.54) is 0 Å². The molecule has 6 aromatic rings. The fraction of sp³-hybridized carbons (Fsp3) is 0.200. The highest BCUT2D eigenvalue weighted by Gasteiger charge is 2.46. The van der Waals surface area contributed by atoms with Gasteiger partial charge in [-0.2, -0.15) is 0 Å². The summed E-state index contributed by atoms with van der Waals surface area (Å²) in [5, 5.41) is 1.03. The maximum Gasteiger partial charge on any atom is 0.236 e. The van der Waals surface area contributed by atoms with E-state index in [0.717, 1.165) is 44.6 Å². The molecule has 226 valence electrons. The van der Waals surface area contributed by atoms with Crippen LogP contribution in [0.15, 0.2) is 144 Å². The molecule has 0 radical (unpaired) electrons. The Morgan fingerprint density at radius 1 is 0.778 bits per heavy atom. The standard InChI is InChI=1S/C40H39N3O2/c1-30(2)42(3)38(44)29-43(28-32-18-9-5-10-19-32)40(37-24-15-25-45-37,27-31-16-7-4-8-17-31)35-26-34-22-13-14-23-36(34)41-39(35)33-20-11-6-12-21-33/h4-26,30H,27-29H2,1-3H3. The molecule has 2 aromatic heterocycles. The molecule has 2 heterocycles. The summed E-state index contributed by atoms with van der Waals surface area (Å²) in [5.74, 6) is 0.802. The van der Waals surface area contributed by atoms with Gasteiger partial charge in [0.25, 0.3) is 0 Å². The number of fused-ring (bicyclic) bond motifs is 1. The highest BCUT2D eigenvalue weighted by Crippen LogP contribution is 2.45. The summed E-state index contributed by atoms with van der Waals surface area (Å²) in [6, 6.07) is 45.7. The van der Waals surface area contributed by atoms with Gasteiger partial charge in [-0.25, -0.2) is 4.98 Å². The van der Waals surface area contributed by atoms with E-state index in [0.29, 0.717) is 13.0 Å². The number of rotatable bonds is 11. The number of furan rings is 1. The molecule has 0 aliphatic carbocycles. The molecule has 0 N–H and O–H groups in total. The average Bonchev–Trinajstić information content (AvgIpc) is 3.63. The number of pyridine rings is 1. The zero-order valence-corrected chi connectivity index (χ0v) is 26.1. The van der Waals surface area contributed by atoms with Gasteiger partial charge in [-0.15, -0.1) is 0 Å². The van der Waals surface area contributed by atoms with Gasteiger partial charge in [-0.3, -0.25) is 9.69 Å². The molecule has 0 aliphatic heterocycles. The number of amides is 1. The number of hydrogen-bond acceptors (Lipinski definition) is 4. The van der Waals surface area contributed by atoms with Crippen LogP contribution in [-0.4, -0.2) is 40.3 Å². The predicted octanol–water partition coefficient (Wildman–Crippen LogP) is 8.35. The van der Waals surface area contributed by atoms with Crippen molar-refractivity contribution in [2.45, 2.75) is 38.4 Å². The van der Waals surface area contributed by atoms with Gasteiger partial charge in [0, 0.05) is 42.6 Å². The highest BCUT2D eigenvalue weighted by atomic mass is 16.3. The highest BCUT2D eigenvalue weighted by molar-refractivity contribution is 5.85. The first kappa shape index (κ1) is 30.0. The Balaban J connectivity index is 1.70. The Bertz CT molecular complexity index is 1840. The van der Waals surface area contributed by atoms with Crippen molar-refractivity contribution < 1.29 is 9.21 Å². The van der Waals surface area contributed by atoms with Crippen molar-refractivity contribution in [3.05, 3.63) is 162 Å². The second-order valence-corrected chi connectivity index (χ2v) is 11.9. The van der Waals surface area contributed by atoms with Crippen molar-refractivity contribution in [2.75, 3.05) is 13.6 Å². The van der Waals surface area contributed by atoms with E-state index < -0.39 is 5.54 Å². The SMILES string of the molecule is CC(C)N(C)C(=O)CN(Cc1ccccc1)C(Cc1ccccc1)(c1ccco1)c1cc2ccccc2nc1-c1ccccc1. The number of likely N-dealkylation sites (N-methyl/N-ethyl adjacent to an activating group) is 1. The van der Waals surface area contributed by atoms with E-state index in [1.54, 1.807) is 6.26 Å². The molecule has 1 atom stereocenters. The van der Waals surface area contributed by atoms with Gasteiger partial charge in [0.15, 0.2) is 0 Å². The van der Waals surface area contributed by atoms with Crippen molar-refractivity contribution in [3.63, 3.8) is 0 Å². The first-order valence-corrected chi connectivity index (χ1v) is 15.5. The summed E-state index contributed by atoms with van der Waals surface area (Å²) >= 11 is 0. The fourth-order valence-electron chi connectivity index (χ4n) is 6.10. The second-order valence-electron chi connectivity index (χ2n) is 11.9. The molecule has 45 heavy (non-hydrogen) atoms. The first-order valence-electron chi connectivity index (χ1n) is 15.5. The molecule has 1 unspecified atom stereocenters. The van der Waals surface area contributed by atoms with Gasteiger partial charge in [-0.05, 0) is 49.2 Å². The topological polar surface area (TPSA) is 49.6 Å². The minimum atomic E-state index is -0.906. The number of benzene rings is 4. The number of hydrogen-bond donors (Lipinski definition) is 0. The third kappa shape index (κ3) is 6.31. The lowest BCUT2D eigenvalue weighted by Crippen LogP contribution is -2.53. The Morgan fingerprint density at radius 2 is 1.40 bits per heavy atom. The number of para-hydroxylation sites is 1. The smallest absolute Gasteiger partial charge is 0.236 e. The number of nitrogens with zero attached hydrogens (tertiary/aromatic N) is 3. The third-order valence-electron chi connectivity index (χ3n) is 8.70. The van der Waals surface area contributed by atoms with Crippen LogP contribution >= 0.6 is 0 Å². The summed E-state index contributed by atoms with van der Waals surface area (Å²) in [7, 11) is 1.88. The Labute approximate surface area is 265 Å². The third-order valence-corrected chi connectivity index (χ3v) is 8.70. The van der Waals surface area contributed by atoms with Crippen LogP contribution in [0.5, 0.6) is 0 Å². The van der Waals surface area contributed by atoms with Crippen LogP contribution in [-0.2, 0) is 23.3 Å². The monoisotopic (exact) mass is 593 g/mol. The average molecular weight is 594 g/mol. The molecule has 0 fully saturated rings. The lowest BCUT2D eigenvalue weighted by Gasteiger charge is -2.44. The van der Waals surface area contributed by atoms with E-state index in [1.807, 2.05) is 92.5 Å².